The summed E-state index contributed by atoms with van der Waals surface area (Å²) in [5, 5.41) is 36.1. The van der Waals surface area contributed by atoms with Gasteiger partial charge in [-0.2, -0.15) is 0 Å². The van der Waals surface area contributed by atoms with Crippen molar-refractivity contribution >= 4 is 5.97 Å². The van der Waals surface area contributed by atoms with Crippen molar-refractivity contribution in [2.75, 3.05) is 0 Å². The van der Waals surface area contributed by atoms with E-state index in [-0.39, 0.29) is 0 Å². The van der Waals surface area contributed by atoms with E-state index in [0.29, 0.717) is 0 Å². The van der Waals surface area contributed by atoms with Gasteiger partial charge in [0.1, 0.15) is 18.3 Å². The number of aliphatic hydroxyl groups is 3. The standard InChI is InChI=1S/C7H12O6.C2H6/c1-2-3(8)4(9)5(10)6(13-2)7(11)12;1-2/h2-6,8-10H,1H3,(H,11,12);1-2H3/t2-,3-,4+,5-,6-;/m0./s1. The monoisotopic (exact) mass is 222 g/mol. The van der Waals surface area contributed by atoms with Crippen LogP contribution in [-0.2, 0) is 9.53 Å². The lowest BCUT2D eigenvalue weighted by molar-refractivity contribution is -0.223. The Kier molecular flexibility index (Phi) is 5.74. The number of hydrogen-bond acceptors (Lipinski definition) is 5. The van der Waals surface area contributed by atoms with Gasteiger partial charge >= 0.3 is 5.97 Å². The van der Waals surface area contributed by atoms with Crippen LogP contribution in [-0.4, -0.2) is 56.9 Å². The highest BCUT2D eigenvalue weighted by Crippen LogP contribution is 2.20. The third-order valence-electron chi connectivity index (χ3n) is 2.10. The SMILES string of the molecule is CC.C[C@@H]1O[C@H](C(=O)O)[C@@H](O)[C@H](O)[C@H]1O. The third kappa shape index (κ3) is 3.13. The molecule has 0 aromatic carbocycles. The Labute approximate surface area is 88.1 Å². The largest absolute Gasteiger partial charge is 0.479 e. The van der Waals surface area contributed by atoms with E-state index in [1.54, 1.807) is 0 Å². The first kappa shape index (κ1) is 14.3. The number of ether oxygens (including phenoxy) is 1. The van der Waals surface area contributed by atoms with E-state index in [4.69, 9.17) is 9.84 Å². The summed E-state index contributed by atoms with van der Waals surface area (Å²) in [5.41, 5.74) is 0. The van der Waals surface area contributed by atoms with Gasteiger partial charge in [0.2, 0.25) is 0 Å². The lowest BCUT2D eigenvalue weighted by atomic mass is 9.96. The molecule has 0 radical (unpaired) electrons. The van der Waals surface area contributed by atoms with Crippen LogP contribution < -0.4 is 0 Å². The third-order valence-corrected chi connectivity index (χ3v) is 2.10. The van der Waals surface area contributed by atoms with Gasteiger partial charge in [0.15, 0.2) is 6.10 Å². The molecule has 0 aromatic heterocycles. The topological polar surface area (TPSA) is 107 Å². The van der Waals surface area contributed by atoms with Gasteiger partial charge in [-0.1, -0.05) is 13.8 Å². The number of rotatable bonds is 1. The van der Waals surface area contributed by atoms with Crippen LogP contribution in [0.2, 0.25) is 0 Å². The van der Waals surface area contributed by atoms with Crippen molar-refractivity contribution in [2.45, 2.75) is 51.3 Å². The van der Waals surface area contributed by atoms with E-state index >= 15 is 0 Å². The smallest absolute Gasteiger partial charge is 0.335 e. The molecular formula is C9H18O6. The number of aliphatic hydroxyl groups excluding tert-OH is 3. The minimum absolute atomic E-state index is 0.806. The molecule has 0 saturated carbocycles. The van der Waals surface area contributed by atoms with Gasteiger partial charge in [-0.15, -0.1) is 0 Å². The van der Waals surface area contributed by atoms with Crippen molar-refractivity contribution in [3.63, 3.8) is 0 Å². The zero-order valence-electron chi connectivity index (χ0n) is 8.99. The average molecular weight is 222 g/mol. The van der Waals surface area contributed by atoms with E-state index in [1.807, 2.05) is 13.8 Å². The molecule has 15 heavy (non-hydrogen) atoms. The van der Waals surface area contributed by atoms with Crippen LogP contribution in [0.25, 0.3) is 0 Å². The van der Waals surface area contributed by atoms with E-state index in [9.17, 15) is 20.1 Å². The Morgan fingerprint density at radius 3 is 1.93 bits per heavy atom. The van der Waals surface area contributed by atoms with Crippen LogP contribution in [0.1, 0.15) is 20.8 Å². The van der Waals surface area contributed by atoms with Crippen LogP contribution in [0.5, 0.6) is 0 Å². The quantitative estimate of drug-likeness (QED) is 0.452. The zero-order chi connectivity index (χ0) is 12.2. The summed E-state index contributed by atoms with van der Waals surface area (Å²) in [5.74, 6) is -1.36. The Hall–Kier alpha value is -0.690. The Morgan fingerprint density at radius 1 is 1.07 bits per heavy atom. The molecule has 1 heterocycles. The molecule has 6 nitrogen and oxygen atoms in total. The molecule has 0 spiro atoms. The summed E-state index contributed by atoms with van der Waals surface area (Å²) < 4.78 is 4.78. The molecule has 90 valence electrons. The average Bonchev–Trinajstić information content (AvgIpc) is 2.23. The molecule has 0 unspecified atom stereocenters. The summed E-state index contributed by atoms with van der Waals surface area (Å²) in [7, 11) is 0. The molecule has 4 N–H and O–H groups in total. The molecular weight excluding hydrogens is 204 g/mol. The lowest BCUT2D eigenvalue weighted by Gasteiger charge is -2.37. The molecule has 0 amide bonds. The fourth-order valence-electron chi connectivity index (χ4n) is 1.26. The molecule has 1 saturated heterocycles. The molecule has 1 aliphatic heterocycles. The molecule has 0 bridgehead atoms. The van der Waals surface area contributed by atoms with Gasteiger partial charge in [0.05, 0.1) is 6.10 Å². The van der Waals surface area contributed by atoms with Crippen molar-refractivity contribution in [3.05, 3.63) is 0 Å². The fourth-order valence-corrected chi connectivity index (χ4v) is 1.26. The highest BCUT2D eigenvalue weighted by atomic mass is 16.6. The van der Waals surface area contributed by atoms with Gasteiger partial charge in [-0.3, -0.25) is 0 Å². The van der Waals surface area contributed by atoms with Crippen molar-refractivity contribution < 1.29 is 30.0 Å². The molecule has 1 rings (SSSR count). The number of hydrogen-bond donors (Lipinski definition) is 4. The second-order valence-electron chi connectivity index (χ2n) is 3.07. The predicted octanol–water partition coefficient (Wildman–Crippen LogP) is -1.03. The Balaban J connectivity index is 0.000000921. The summed E-state index contributed by atoms with van der Waals surface area (Å²) in [6.07, 6.45) is -6.62. The van der Waals surface area contributed by atoms with Crippen molar-refractivity contribution in [2.24, 2.45) is 0 Å². The molecule has 1 aliphatic rings. The van der Waals surface area contributed by atoms with Crippen molar-refractivity contribution in [1.29, 1.82) is 0 Å². The van der Waals surface area contributed by atoms with Gasteiger partial charge in [-0.25, -0.2) is 4.79 Å². The van der Waals surface area contributed by atoms with Gasteiger partial charge in [0, 0.05) is 0 Å². The van der Waals surface area contributed by atoms with Crippen molar-refractivity contribution in [1.82, 2.24) is 0 Å². The van der Waals surface area contributed by atoms with Crippen LogP contribution in [0.15, 0.2) is 0 Å². The van der Waals surface area contributed by atoms with Gasteiger partial charge in [-0.05, 0) is 6.92 Å². The maximum atomic E-state index is 10.5. The highest BCUT2D eigenvalue weighted by molar-refractivity contribution is 5.73. The van der Waals surface area contributed by atoms with Crippen LogP contribution in [0.4, 0.5) is 0 Å². The van der Waals surface area contributed by atoms with E-state index in [2.05, 4.69) is 0 Å². The summed E-state index contributed by atoms with van der Waals surface area (Å²) in [6.45, 7) is 5.43. The maximum Gasteiger partial charge on any atom is 0.335 e. The maximum absolute atomic E-state index is 10.5. The molecule has 1 fully saturated rings. The van der Waals surface area contributed by atoms with Crippen LogP contribution >= 0.6 is 0 Å². The second kappa shape index (κ2) is 6.02. The fraction of sp³-hybridized carbons (Fsp3) is 0.889. The lowest BCUT2D eigenvalue weighted by Crippen LogP contribution is -2.58. The number of carboxylic acid groups (broad SMARTS) is 1. The first-order valence-corrected chi connectivity index (χ1v) is 4.87. The van der Waals surface area contributed by atoms with E-state index < -0.39 is 36.5 Å². The predicted molar refractivity (Wildman–Crippen MR) is 51.3 cm³/mol. The second-order valence-corrected chi connectivity index (χ2v) is 3.07. The van der Waals surface area contributed by atoms with E-state index in [0.717, 1.165) is 0 Å². The normalized spacial score (nSPS) is 40.3. The highest BCUT2D eigenvalue weighted by Gasteiger charge is 2.44. The number of carboxylic acids is 1. The summed E-state index contributed by atoms with van der Waals surface area (Å²) >= 11 is 0. The first-order chi connectivity index (χ1) is 6.95. The minimum atomic E-state index is -1.59. The molecule has 0 aromatic rings. The molecule has 6 heteroatoms. The summed E-state index contributed by atoms with van der Waals surface area (Å²) in [4.78, 5) is 10.5. The van der Waals surface area contributed by atoms with Crippen LogP contribution in [0, 0.1) is 0 Å². The number of aliphatic carboxylic acids is 1. The van der Waals surface area contributed by atoms with Crippen LogP contribution in [0.3, 0.4) is 0 Å². The minimum Gasteiger partial charge on any atom is -0.479 e. The zero-order valence-corrected chi connectivity index (χ0v) is 8.99. The molecule has 5 atom stereocenters. The van der Waals surface area contributed by atoms with Gasteiger partial charge in [0.25, 0.3) is 0 Å². The molecule has 0 aliphatic carbocycles. The van der Waals surface area contributed by atoms with Gasteiger partial charge < -0.3 is 25.2 Å². The number of carbonyl (C=O) groups is 1. The first-order valence-electron chi connectivity index (χ1n) is 4.87. The summed E-state index contributed by atoms with van der Waals surface area (Å²) in [6, 6.07) is 0. The van der Waals surface area contributed by atoms with Crippen molar-refractivity contribution in [3.8, 4) is 0 Å². The van der Waals surface area contributed by atoms with E-state index in [1.165, 1.54) is 6.92 Å². The Morgan fingerprint density at radius 2 is 1.53 bits per heavy atom. The Bertz CT molecular complexity index is 207.